The summed E-state index contributed by atoms with van der Waals surface area (Å²) in [7, 11) is -3.71. The summed E-state index contributed by atoms with van der Waals surface area (Å²) >= 11 is 0. The fourth-order valence-electron chi connectivity index (χ4n) is 7.97. The van der Waals surface area contributed by atoms with Crippen LogP contribution in [-0.2, 0) is 24.4 Å². The second kappa shape index (κ2) is 19.6. The van der Waals surface area contributed by atoms with Gasteiger partial charge in [0.05, 0.1) is 16.0 Å². The van der Waals surface area contributed by atoms with Gasteiger partial charge in [0.2, 0.25) is 33.7 Å². The maximum absolute atomic E-state index is 13.1. The van der Waals surface area contributed by atoms with E-state index < -0.39 is 45.2 Å². The molecular weight excluding hydrogens is 837 g/mol. The summed E-state index contributed by atoms with van der Waals surface area (Å²) in [4.78, 5) is 77.4. The molecule has 4 heterocycles. The number of nitrogens with one attached hydrogen (secondary N) is 5. The molecule has 3 aliphatic rings. The number of sulfonamides is 1. The normalized spacial score (nSPS) is 16.8. The molecule has 338 valence electrons. The number of aromatic nitrogens is 2. The van der Waals surface area contributed by atoms with Gasteiger partial charge >= 0.3 is 0 Å². The van der Waals surface area contributed by atoms with Gasteiger partial charge in [-0.05, 0) is 108 Å². The van der Waals surface area contributed by atoms with Crippen molar-refractivity contribution in [3.8, 4) is 0 Å². The summed E-state index contributed by atoms with van der Waals surface area (Å²) in [5, 5.41) is 12.0. The molecule has 18 heteroatoms. The summed E-state index contributed by atoms with van der Waals surface area (Å²) < 4.78 is 28.5. The van der Waals surface area contributed by atoms with E-state index >= 15 is 0 Å². The summed E-state index contributed by atoms with van der Waals surface area (Å²) in [5.74, 6) is -0.966. The van der Waals surface area contributed by atoms with Crippen molar-refractivity contribution in [1.82, 2.24) is 29.8 Å². The van der Waals surface area contributed by atoms with E-state index in [1.165, 1.54) is 0 Å². The number of hydrogen-bond acceptors (Lipinski definition) is 13. The van der Waals surface area contributed by atoms with Crippen LogP contribution in [0.25, 0.3) is 0 Å². The van der Waals surface area contributed by atoms with E-state index in [9.17, 15) is 32.4 Å². The van der Waals surface area contributed by atoms with Crippen LogP contribution >= 0.6 is 0 Å². The first-order valence-corrected chi connectivity index (χ1v) is 23.3. The molecule has 64 heavy (non-hydrogen) atoms. The molecule has 4 aromatic rings. The number of benzene rings is 3. The first-order valence-electron chi connectivity index (χ1n) is 21.8. The Hall–Kier alpha value is -6.40. The first-order chi connectivity index (χ1) is 30.5. The third-order valence-electron chi connectivity index (χ3n) is 11.3. The second-order valence-electron chi connectivity index (χ2n) is 17.4. The van der Waals surface area contributed by atoms with Gasteiger partial charge in [0.1, 0.15) is 11.9 Å². The third kappa shape index (κ3) is 11.2. The van der Waals surface area contributed by atoms with Crippen LogP contribution in [0.1, 0.15) is 98.4 Å². The number of piperidine rings is 1. The highest BCUT2D eigenvalue weighted by Crippen LogP contribution is 2.30. The van der Waals surface area contributed by atoms with Gasteiger partial charge in [0, 0.05) is 85.6 Å². The number of carbonyl (C=O) groups excluding carboxylic acids is 5. The molecule has 0 saturated carbocycles. The molecule has 5 amide bonds. The molecule has 0 aliphatic carbocycles. The van der Waals surface area contributed by atoms with Gasteiger partial charge in [0.15, 0.2) is 0 Å². The van der Waals surface area contributed by atoms with Crippen molar-refractivity contribution in [3.63, 3.8) is 0 Å². The molecule has 0 bridgehead atoms. The maximum Gasteiger partial charge on any atom is 0.262 e. The van der Waals surface area contributed by atoms with E-state index in [0.29, 0.717) is 43.5 Å². The number of rotatable bonds is 17. The molecule has 1 aromatic heterocycles. The molecule has 3 aromatic carbocycles. The molecular formula is C46H56N10O7S. The van der Waals surface area contributed by atoms with Gasteiger partial charge in [-0.15, -0.1) is 0 Å². The highest BCUT2D eigenvalue weighted by atomic mass is 32.2. The molecule has 1 atom stereocenters. The van der Waals surface area contributed by atoms with Crippen molar-refractivity contribution in [2.24, 2.45) is 0 Å². The Labute approximate surface area is 373 Å². The largest absolute Gasteiger partial charge is 0.385 e. The van der Waals surface area contributed by atoms with Gasteiger partial charge < -0.3 is 25.8 Å². The zero-order valence-corrected chi connectivity index (χ0v) is 37.5. The smallest absolute Gasteiger partial charge is 0.262 e. The topological polar surface area (TPSA) is 215 Å². The number of imide groups is 2. The lowest BCUT2D eigenvalue weighted by atomic mass is 10.0. The number of carbonyl (C=O) groups is 5. The van der Waals surface area contributed by atoms with E-state index in [4.69, 9.17) is 0 Å². The maximum atomic E-state index is 13.1. The minimum absolute atomic E-state index is 0.0766. The van der Waals surface area contributed by atoms with Gasteiger partial charge in [-0.1, -0.05) is 25.3 Å². The Morgan fingerprint density at radius 2 is 1.52 bits per heavy atom. The van der Waals surface area contributed by atoms with E-state index in [1.807, 2.05) is 36.1 Å². The minimum atomic E-state index is -3.71. The predicted molar refractivity (Wildman–Crippen MR) is 244 cm³/mol. The summed E-state index contributed by atoms with van der Waals surface area (Å²) in [6.07, 6.45) is 7.10. The molecule has 1 unspecified atom stereocenters. The molecule has 17 nitrogen and oxygen atoms in total. The SMILES string of the molecule is Cc1cnc(Nc2ccc(N3CCN(C(=O)CCCCCCCNc4ccc5c(c4)C(=O)N(C4CCC(=O)NC4=O)C5=O)CC3)cc2)nc1Nc1cccc(S(=O)(=O)NC(C)(C)C)c1. The van der Waals surface area contributed by atoms with E-state index in [0.717, 1.165) is 72.7 Å². The van der Waals surface area contributed by atoms with Crippen LogP contribution in [0.5, 0.6) is 0 Å². The zero-order chi connectivity index (χ0) is 45.6. The Morgan fingerprint density at radius 3 is 2.25 bits per heavy atom. The van der Waals surface area contributed by atoms with Crippen molar-refractivity contribution in [3.05, 3.63) is 89.6 Å². The highest BCUT2D eigenvalue weighted by Gasteiger charge is 2.44. The van der Waals surface area contributed by atoms with Crippen LogP contribution in [0, 0.1) is 6.92 Å². The Morgan fingerprint density at radius 1 is 0.812 bits per heavy atom. The number of nitrogens with zero attached hydrogens (tertiary/aromatic N) is 5. The Balaban J connectivity index is 0.786. The van der Waals surface area contributed by atoms with Crippen molar-refractivity contribution >= 4 is 74.1 Å². The van der Waals surface area contributed by atoms with Crippen LogP contribution < -0.4 is 30.9 Å². The molecule has 0 radical (unpaired) electrons. The van der Waals surface area contributed by atoms with Crippen molar-refractivity contribution in [2.75, 3.05) is 53.6 Å². The number of unbranched alkanes of at least 4 members (excludes halogenated alkanes) is 4. The first kappa shape index (κ1) is 45.6. The van der Waals surface area contributed by atoms with Gasteiger partial charge in [-0.25, -0.2) is 18.1 Å². The van der Waals surface area contributed by atoms with E-state index in [-0.39, 0.29) is 34.8 Å². The number of hydrogen-bond donors (Lipinski definition) is 5. The van der Waals surface area contributed by atoms with E-state index in [1.54, 1.807) is 69.4 Å². The lowest BCUT2D eigenvalue weighted by Gasteiger charge is -2.36. The molecule has 0 spiro atoms. The van der Waals surface area contributed by atoms with Gasteiger partial charge in [-0.2, -0.15) is 4.98 Å². The number of piperazine rings is 1. The van der Waals surface area contributed by atoms with Crippen LogP contribution in [0.3, 0.4) is 0 Å². The monoisotopic (exact) mass is 892 g/mol. The number of fused-ring (bicyclic) bond motifs is 1. The highest BCUT2D eigenvalue weighted by molar-refractivity contribution is 7.89. The van der Waals surface area contributed by atoms with Crippen molar-refractivity contribution in [2.45, 2.75) is 95.5 Å². The van der Waals surface area contributed by atoms with Gasteiger partial charge in [-0.3, -0.25) is 34.2 Å². The summed E-state index contributed by atoms with van der Waals surface area (Å²) in [5.41, 5.74) is 3.84. The van der Waals surface area contributed by atoms with Crippen LogP contribution in [0.4, 0.5) is 34.5 Å². The quantitative estimate of drug-likeness (QED) is 0.0622. The van der Waals surface area contributed by atoms with Crippen LogP contribution in [0.15, 0.2) is 77.8 Å². The van der Waals surface area contributed by atoms with E-state index in [2.05, 4.69) is 40.9 Å². The van der Waals surface area contributed by atoms with Crippen molar-refractivity contribution < 1.29 is 32.4 Å². The lowest BCUT2D eigenvalue weighted by Crippen LogP contribution is -2.54. The van der Waals surface area contributed by atoms with Gasteiger partial charge in [0.25, 0.3) is 11.8 Å². The second-order valence-corrected chi connectivity index (χ2v) is 19.1. The molecule has 2 saturated heterocycles. The van der Waals surface area contributed by atoms with Crippen molar-refractivity contribution in [1.29, 1.82) is 0 Å². The molecule has 3 aliphatic heterocycles. The fourth-order valence-corrected chi connectivity index (χ4v) is 9.43. The fraction of sp³-hybridized carbons (Fsp3) is 0.413. The molecule has 7 rings (SSSR count). The summed E-state index contributed by atoms with van der Waals surface area (Å²) in [6, 6.07) is 18.6. The Bertz CT molecular complexity index is 2520. The van der Waals surface area contributed by atoms with Crippen LogP contribution in [-0.4, -0.2) is 102 Å². The third-order valence-corrected chi connectivity index (χ3v) is 13.0. The minimum Gasteiger partial charge on any atom is -0.385 e. The number of aryl methyl sites for hydroxylation is 1. The zero-order valence-electron chi connectivity index (χ0n) is 36.7. The summed E-state index contributed by atoms with van der Waals surface area (Å²) in [6.45, 7) is 10.7. The lowest BCUT2D eigenvalue weighted by molar-refractivity contribution is -0.136. The average Bonchev–Trinajstić information content (AvgIpc) is 3.50. The average molecular weight is 893 g/mol. The number of anilines is 6. The predicted octanol–water partition coefficient (Wildman–Crippen LogP) is 5.85. The number of amides is 5. The molecule has 2 fully saturated rings. The molecule has 5 N–H and O–H groups in total. The Kier molecular flexibility index (Phi) is 13.9. The standard InChI is InChI=1S/C46H56N10O7S/c1-30-29-48-45(52-41(30)49-33-11-10-12-35(27-33)64(62,63)53-46(2,3)4)50-31-14-17-34(18-15-31)54-23-25-55(26-24-54)40(58)13-8-6-5-7-9-22-47-32-16-19-36-37(28-32)44(61)56(43(36)60)38-20-21-39(57)51-42(38)59/h10-12,14-19,27-29,38,47,53H,5-9,13,20-26H2,1-4H3,(H,51,57,59)(H2,48,49,50,52). The van der Waals surface area contributed by atoms with Crippen LogP contribution in [0.2, 0.25) is 0 Å².